The number of amides is 1. The minimum Gasteiger partial charge on any atom is -0.384 e. The molecular weight excluding hydrogens is 462 g/mol. The number of carbonyl (C=O) groups is 1. The Hall–Kier alpha value is -3.78. The lowest BCUT2D eigenvalue weighted by molar-refractivity contribution is -0.137. The summed E-state index contributed by atoms with van der Waals surface area (Å²) in [6.07, 6.45) is 9.78. The molecule has 4 aromatic rings. The molecule has 3 aliphatic rings. The molecule has 2 unspecified atom stereocenters. The number of nitrogen functional groups attached to an aromatic ring is 1. The Kier molecular flexibility index (Phi) is 5.43. The molecule has 3 fully saturated rings. The van der Waals surface area contributed by atoms with Crippen molar-refractivity contribution in [2.24, 2.45) is 0 Å². The van der Waals surface area contributed by atoms with Crippen molar-refractivity contribution in [1.29, 1.82) is 0 Å². The third kappa shape index (κ3) is 3.87. The first-order valence-electron chi connectivity index (χ1n) is 13.4. The number of pyridine rings is 1. The number of benzene rings is 1. The summed E-state index contributed by atoms with van der Waals surface area (Å²) in [6, 6.07) is 16.8. The highest BCUT2D eigenvalue weighted by atomic mass is 16.2. The summed E-state index contributed by atoms with van der Waals surface area (Å²) < 4.78 is 1.71. The summed E-state index contributed by atoms with van der Waals surface area (Å²) in [5.74, 6) is 1.17. The molecule has 8 nitrogen and oxygen atoms in total. The molecule has 8 heteroatoms. The Morgan fingerprint density at radius 2 is 1.78 bits per heavy atom. The average Bonchev–Trinajstić information content (AvgIpc) is 3.68. The van der Waals surface area contributed by atoms with E-state index < -0.39 is 0 Å². The Balaban J connectivity index is 1.17. The maximum absolute atomic E-state index is 13.2. The molecule has 188 valence electrons. The zero-order valence-corrected chi connectivity index (χ0v) is 20.8. The Bertz CT molecular complexity index is 1430. The van der Waals surface area contributed by atoms with Crippen molar-refractivity contribution in [1.82, 2.24) is 29.8 Å². The summed E-state index contributed by atoms with van der Waals surface area (Å²) in [7, 11) is 0. The van der Waals surface area contributed by atoms with E-state index in [2.05, 4.69) is 33.5 Å². The number of fused-ring (bicyclic) bond motifs is 3. The average molecular weight is 494 g/mol. The normalized spacial score (nSPS) is 25.1. The number of piperidine rings is 1. The van der Waals surface area contributed by atoms with Gasteiger partial charge in [0.05, 0.1) is 17.9 Å². The van der Waals surface area contributed by atoms with Gasteiger partial charge in [-0.05, 0) is 51.1 Å². The fourth-order valence-electron chi connectivity index (χ4n) is 6.61. The fourth-order valence-corrected chi connectivity index (χ4v) is 6.61. The number of hydrogen-bond donors (Lipinski definition) is 2. The molecule has 3 aliphatic heterocycles. The first-order chi connectivity index (χ1) is 18.2. The molecule has 0 spiro atoms. The lowest BCUT2D eigenvalue weighted by atomic mass is 9.87. The lowest BCUT2D eigenvalue weighted by Gasteiger charge is -2.40. The summed E-state index contributed by atoms with van der Waals surface area (Å²) >= 11 is 0. The van der Waals surface area contributed by atoms with Gasteiger partial charge in [0.25, 0.3) is 0 Å². The second-order valence-corrected chi connectivity index (χ2v) is 10.6. The molecule has 3 saturated heterocycles. The summed E-state index contributed by atoms with van der Waals surface area (Å²) in [5.41, 5.74) is 12.1. The third-order valence-electron chi connectivity index (χ3n) is 8.43. The van der Waals surface area contributed by atoms with Gasteiger partial charge in [0, 0.05) is 52.6 Å². The van der Waals surface area contributed by atoms with Gasteiger partial charge in [-0.3, -0.25) is 9.78 Å². The molecule has 1 amide bonds. The van der Waals surface area contributed by atoms with E-state index in [1.807, 2.05) is 42.7 Å². The highest BCUT2D eigenvalue weighted by molar-refractivity contribution is 5.83. The predicted octanol–water partition coefficient (Wildman–Crippen LogP) is 4.03. The van der Waals surface area contributed by atoms with Crippen LogP contribution in [0.2, 0.25) is 0 Å². The zero-order valence-electron chi connectivity index (χ0n) is 20.8. The van der Waals surface area contributed by atoms with E-state index in [1.165, 1.54) is 0 Å². The fraction of sp³-hybridized carbons (Fsp3) is 0.379. The molecule has 2 bridgehead atoms. The van der Waals surface area contributed by atoms with Gasteiger partial charge in [-0.15, -0.1) is 0 Å². The van der Waals surface area contributed by atoms with Crippen LogP contribution in [-0.2, 0) is 4.79 Å². The molecule has 0 aliphatic carbocycles. The third-order valence-corrected chi connectivity index (χ3v) is 8.43. The Morgan fingerprint density at radius 1 is 0.973 bits per heavy atom. The van der Waals surface area contributed by atoms with E-state index in [4.69, 9.17) is 15.7 Å². The smallest absolute Gasteiger partial charge is 0.240 e. The molecule has 0 saturated carbocycles. The van der Waals surface area contributed by atoms with E-state index in [1.54, 1.807) is 4.52 Å². The topological polar surface area (TPSA) is 101 Å². The standard InChI is InChI=1S/C29H31N7O/c30-27-15-26(20-13-21-9-10-22(14-20)35(21)29(37)25-7-4-12-31-25)34-28-23(17-33-36(27)28)19-8-11-24(32-16-19)18-5-2-1-3-6-18/h1-3,5-6,8,11,15-17,20-22,25,31H,4,7,9-10,12-14,30H2/t20?,21?,22?,25-/m1/s1. The highest BCUT2D eigenvalue weighted by Crippen LogP contribution is 2.44. The van der Waals surface area contributed by atoms with E-state index in [0.717, 1.165) is 78.8 Å². The quantitative estimate of drug-likeness (QED) is 0.445. The maximum atomic E-state index is 13.2. The summed E-state index contributed by atoms with van der Waals surface area (Å²) in [4.78, 5) is 25.2. The summed E-state index contributed by atoms with van der Waals surface area (Å²) in [6.45, 7) is 0.948. The molecule has 7 rings (SSSR count). The molecule has 6 heterocycles. The number of aromatic nitrogens is 4. The van der Waals surface area contributed by atoms with E-state index in [0.29, 0.717) is 11.7 Å². The van der Waals surface area contributed by atoms with Crippen LogP contribution >= 0.6 is 0 Å². The molecule has 37 heavy (non-hydrogen) atoms. The molecular formula is C29H31N7O. The van der Waals surface area contributed by atoms with Gasteiger partial charge < -0.3 is 16.0 Å². The van der Waals surface area contributed by atoms with Crippen molar-refractivity contribution in [2.45, 2.75) is 62.6 Å². The van der Waals surface area contributed by atoms with Gasteiger partial charge in [0.2, 0.25) is 5.91 Å². The number of nitrogens with zero attached hydrogens (tertiary/aromatic N) is 5. The molecule has 3 N–H and O–H groups in total. The minimum atomic E-state index is 0.000935. The van der Waals surface area contributed by atoms with Gasteiger partial charge in [0.15, 0.2) is 5.65 Å². The van der Waals surface area contributed by atoms with Crippen molar-refractivity contribution >= 4 is 17.4 Å². The first-order valence-corrected chi connectivity index (χ1v) is 13.4. The van der Waals surface area contributed by atoms with Crippen LogP contribution in [0, 0.1) is 0 Å². The predicted molar refractivity (Wildman–Crippen MR) is 143 cm³/mol. The van der Waals surface area contributed by atoms with Gasteiger partial charge >= 0.3 is 0 Å². The van der Waals surface area contributed by atoms with Crippen molar-refractivity contribution < 1.29 is 4.79 Å². The van der Waals surface area contributed by atoms with Gasteiger partial charge in [-0.1, -0.05) is 36.4 Å². The number of rotatable bonds is 4. The van der Waals surface area contributed by atoms with E-state index in [9.17, 15) is 4.79 Å². The maximum Gasteiger partial charge on any atom is 0.240 e. The van der Waals surface area contributed by atoms with Crippen LogP contribution in [0.5, 0.6) is 0 Å². The van der Waals surface area contributed by atoms with Crippen molar-refractivity contribution in [3.63, 3.8) is 0 Å². The van der Waals surface area contributed by atoms with Crippen LogP contribution in [0.1, 0.15) is 50.1 Å². The largest absolute Gasteiger partial charge is 0.384 e. The number of carbonyl (C=O) groups excluding carboxylic acids is 1. The van der Waals surface area contributed by atoms with Gasteiger partial charge in [-0.25, -0.2) is 4.98 Å². The van der Waals surface area contributed by atoms with Crippen LogP contribution < -0.4 is 11.1 Å². The monoisotopic (exact) mass is 493 g/mol. The second kappa shape index (κ2) is 8.95. The second-order valence-electron chi connectivity index (χ2n) is 10.6. The minimum absolute atomic E-state index is 0.000935. The van der Waals surface area contributed by atoms with Crippen molar-refractivity contribution in [3.8, 4) is 22.4 Å². The number of anilines is 1. The number of nitrogens with two attached hydrogens (primary N) is 1. The Morgan fingerprint density at radius 3 is 2.49 bits per heavy atom. The number of nitrogens with one attached hydrogen (secondary N) is 1. The van der Waals surface area contributed by atoms with Gasteiger partial charge in [0.1, 0.15) is 5.82 Å². The highest BCUT2D eigenvalue weighted by Gasteiger charge is 2.45. The van der Waals surface area contributed by atoms with Crippen LogP contribution in [0.3, 0.4) is 0 Å². The van der Waals surface area contributed by atoms with Crippen LogP contribution in [0.4, 0.5) is 5.82 Å². The van der Waals surface area contributed by atoms with Crippen LogP contribution in [0.15, 0.2) is 60.9 Å². The van der Waals surface area contributed by atoms with E-state index in [-0.39, 0.29) is 24.0 Å². The SMILES string of the molecule is Nc1cc(C2CC3CCC(C2)N3C(=O)[C@H]2CCCN2)nc2c(-c3ccc(-c4ccccc4)nc3)cnn12. The molecule has 0 radical (unpaired) electrons. The van der Waals surface area contributed by atoms with Gasteiger partial charge in [-0.2, -0.15) is 9.61 Å². The Labute approximate surface area is 215 Å². The number of hydrogen-bond acceptors (Lipinski definition) is 6. The van der Waals surface area contributed by atoms with E-state index >= 15 is 0 Å². The van der Waals surface area contributed by atoms with Crippen molar-refractivity contribution in [2.75, 3.05) is 12.3 Å². The van der Waals surface area contributed by atoms with Crippen LogP contribution in [-0.4, -0.2) is 55.1 Å². The lowest BCUT2D eigenvalue weighted by Crippen LogP contribution is -2.52. The molecule has 1 aromatic carbocycles. The molecule has 3 atom stereocenters. The first kappa shape index (κ1) is 22.4. The zero-order chi connectivity index (χ0) is 24.9. The van der Waals surface area contributed by atoms with Crippen LogP contribution in [0.25, 0.3) is 28.0 Å². The summed E-state index contributed by atoms with van der Waals surface area (Å²) in [5, 5.41) is 7.91. The van der Waals surface area contributed by atoms with Crippen molar-refractivity contribution in [3.05, 3.63) is 66.6 Å². The molecule has 3 aromatic heterocycles.